The molecule has 2 heteroatoms. The SMILES string of the molecule is C=C[Si](I)(CCC)CCC. The van der Waals surface area contributed by atoms with Gasteiger partial charge in [-0.05, 0) is 12.1 Å². The van der Waals surface area contributed by atoms with Crippen LogP contribution in [0.1, 0.15) is 26.7 Å². The topological polar surface area (TPSA) is 0 Å². The monoisotopic (exact) mass is 268 g/mol. The molecule has 0 aliphatic heterocycles. The Morgan fingerprint density at radius 1 is 1.30 bits per heavy atom. The van der Waals surface area contributed by atoms with Crippen molar-refractivity contribution in [3.8, 4) is 0 Å². The molecule has 0 bridgehead atoms. The third-order valence-corrected chi connectivity index (χ3v) is 9.65. The molecular weight excluding hydrogens is 251 g/mol. The second-order valence-electron chi connectivity index (χ2n) is 2.74. The van der Waals surface area contributed by atoms with Crippen LogP contribution < -0.4 is 0 Å². The average Bonchev–Trinajstić information content (AvgIpc) is 1.89. The predicted molar refractivity (Wildman–Crippen MR) is 60.2 cm³/mol. The lowest BCUT2D eigenvalue weighted by atomic mass is 10.6. The van der Waals surface area contributed by atoms with Crippen molar-refractivity contribution in [2.75, 3.05) is 0 Å². The first-order valence-electron chi connectivity index (χ1n) is 4.01. The van der Waals surface area contributed by atoms with Gasteiger partial charge in [0, 0.05) is 0 Å². The van der Waals surface area contributed by atoms with Crippen molar-refractivity contribution in [2.45, 2.75) is 38.8 Å². The van der Waals surface area contributed by atoms with Gasteiger partial charge in [0.05, 0.1) is 0 Å². The zero-order chi connectivity index (χ0) is 8.04. The Kier molecular flexibility index (Phi) is 5.72. The van der Waals surface area contributed by atoms with Crippen LogP contribution >= 0.6 is 21.8 Å². The van der Waals surface area contributed by atoms with E-state index in [-0.39, 0.29) is 0 Å². The second-order valence-corrected chi connectivity index (χ2v) is 12.7. The van der Waals surface area contributed by atoms with Gasteiger partial charge in [-0.1, -0.05) is 32.4 Å². The first-order chi connectivity index (χ1) is 4.68. The van der Waals surface area contributed by atoms with Crippen LogP contribution in [0.3, 0.4) is 0 Å². The van der Waals surface area contributed by atoms with E-state index in [0.717, 1.165) is 0 Å². The van der Waals surface area contributed by atoms with Gasteiger partial charge in [-0.3, -0.25) is 0 Å². The van der Waals surface area contributed by atoms with Crippen molar-refractivity contribution < 1.29 is 0 Å². The normalized spacial score (nSPS) is 11.5. The Labute approximate surface area is 78.3 Å². The highest BCUT2D eigenvalue weighted by atomic mass is 127. The maximum atomic E-state index is 3.92. The molecule has 0 fully saturated rings. The fourth-order valence-corrected chi connectivity index (χ4v) is 6.72. The molecule has 0 saturated carbocycles. The van der Waals surface area contributed by atoms with E-state index in [1.54, 1.807) is 0 Å². The summed E-state index contributed by atoms with van der Waals surface area (Å²) in [6, 6.07) is 2.82. The van der Waals surface area contributed by atoms with E-state index in [0.29, 0.717) is 0 Å². The highest BCUT2D eigenvalue weighted by Crippen LogP contribution is 2.27. The third-order valence-electron chi connectivity index (χ3n) is 1.70. The summed E-state index contributed by atoms with van der Waals surface area (Å²) in [6.07, 6.45) is 2.64. The van der Waals surface area contributed by atoms with Crippen molar-refractivity contribution in [2.24, 2.45) is 0 Å². The number of halogens is 1. The predicted octanol–water partition coefficient (Wildman–Crippen LogP) is 3.91. The van der Waals surface area contributed by atoms with E-state index >= 15 is 0 Å². The minimum Gasteiger partial charge on any atom is -0.113 e. The second kappa shape index (κ2) is 5.35. The first-order valence-corrected chi connectivity index (χ1v) is 9.61. The molecule has 10 heavy (non-hydrogen) atoms. The molecule has 0 aromatic rings. The van der Waals surface area contributed by atoms with Crippen molar-refractivity contribution in [1.82, 2.24) is 0 Å². The van der Waals surface area contributed by atoms with E-state index in [2.05, 4.69) is 47.9 Å². The van der Waals surface area contributed by atoms with E-state index in [4.69, 9.17) is 0 Å². The van der Waals surface area contributed by atoms with Gasteiger partial charge in [-0.2, -0.15) is 0 Å². The van der Waals surface area contributed by atoms with Crippen LogP contribution in [0.5, 0.6) is 0 Å². The van der Waals surface area contributed by atoms with Gasteiger partial charge < -0.3 is 0 Å². The smallest absolute Gasteiger partial charge is 0.113 e. The van der Waals surface area contributed by atoms with Gasteiger partial charge in [0.15, 0.2) is 0 Å². The molecule has 0 amide bonds. The van der Waals surface area contributed by atoms with Crippen molar-refractivity contribution in [3.63, 3.8) is 0 Å². The summed E-state index contributed by atoms with van der Waals surface area (Å²) in [5.41, 5.74) is 1.25. The number of hydrogen-bond donors (Lipinski definition) is 0. The van der Waals surface area contributed by atoms with E-state index in [1.165, 1.54) is 24.9 Å². The Balaban J connectivity index is 3.81. The van der Waals surface area contributed by atoms with E-state index in [1.807, 2.05) is 0 Å². The minimum atomic E-state index is -0.989. The fraction of sp³-hybridized carbons (Fsp3) is 0.750. The Morgan fingerprint density at radius 2 is 1.70 bits per heavy atom. The summed E-state index contributed by atoms with van der Waals surface area (Å²) >= 11 is 2.66. The van der Waals surface area contributed by atoms with Crippen LogP contribution in [-0.4, -0.2) is 5.57 Å². The van der Waals surface area contributed by atoms with E-state index < -0.39 is 5.57 Å². The van der Waals surface area contributed by atoms with Crippen LogP contribution in [0.4, 0.5) is 0 Å². The van der Waals surface area contributed by atoms with Crippen LogP contribution in [-0.2, 0) is 0 Å². The maximum Gasteiger partial charge on any atom is 0.148 e. The van der Waals surface area contributed by atoms with Crippen LogP contribution in [0, 0.1) is 0 Å². The summed E-state index contributed by atoms with van der Waals surface area (Å²) < 4.78 is 0. The molecule has 0 heterocycles. The van der Waals surface area contributed by atoms with Gasteiger partial charge in [0.25, 0.3) is 0 Å². The first kappa shape index (κ1) is 10.7. The molecule has 0 saturated heterocycles. The molecule has 60 valence electrons. The molecular formula is C8H17ISi. The molecule has 0 aromatic carbocycles. The number of rotatable bonds is 5. The molecule has 0 aromatic heterocycles. The summed E-state index contributed by atoms with van der Waals surface area (Å²) in [4.78, 5) is 0. The van der Waals surface area contributed by atoms with E-state index in [9.17, 15) is 0 Å². The average molecular weight is 268 g/mol. The zero-order valence-corrected chi connectivity index (χ0v) is 10.1. The Hall–Kier alpha value is 0.687. The number of hydrogen-bond acceptors (Lipinski definition) is 0. The standard InChI is InChI=1S/C8H17ISi/c1-4-7-10(9,6-3)8-5-2/h6H,3-5,7-8H2,1-2H3. The van der Waals surface area contributed by atoms with Crippen molar-refractivity contribution in [1.29, 1.82) is 0 Å². The van der Waals surface area contributed by atoms with Crippen molar-refractivity contribution >= 4 is 27.4 Å². The highest BCUT2D eigenvalue weighted by Gasteiger charge is 2.22. The van der Waals surface area contributed by atoms with Gasteiger partial charge in [0.1, 0.15) is 5.57 Å². The molecule has 0 aliphatic carbocycles. The largest absolute Gasteiger partial charge is 0.148 e. The summed E-state index contributed by atoms with van der Waals surface area (Å²) in [7, 11) is 0. The van der Waals surface area contributed by atoms with Gasteiger partial charge >= 0.3 is 0 Å². The Morgan fingerprint density at radius 3 is 1.90 bits per heavy atom. The lowest BCUT2D eigenvalue weighted by Crippen LogP contribution is -2.21. The molecule has 0 nitrogen and oxygen atoms in total. The summed E-state index contributed by atoms with van der Waals surface area (Å²) in [5.74, 6) is 0. The van der Waals surface area contributed by atoms with Crippen LogP contribution in [0.2, 0.25) is 12.1 Å². The van der Waals surface area contributed by atoms with Crippen molar-refractivity contribution in [3.05, 3.63) is 12.3 Å². The lowest BCUT2D eigenvalue weighted by Gasteiger charge is -2.18. The lowest BCUT2D eigenvalue weighted by molar-refractivity contribution is 1.01. The summed E-state index contributed by atoms with van der Waals surface area (Å²) in [5, 5.41) is 0. The molecule has 0 radical (unpaired) electrons. The molecule has 0 spiro atoms. The van der Waals surface area contributed by atoms with Gasteiger partial charge in [-0.25, -0.2) is 0 Å². The minimum absolute atomic E-state index is 0.989. The van der Waals surface area contributed by atoms with Crippen LogP contribution in [0.25, 0.3) is 0 Å². The molecule has 0 unspecified atom stereocenters. The van der Waals surface area contributed by atoms with Gasteiger partial charge in [0.2, 0.25) is 0 Å². The molecule has 0 aliphatic rings. The van der Waals surface area contributed by atoms with Crippen LogP contribution in [0.15, 0.2) is 12.3 Å². The fourth-order valence-electron chi connectivity index (χ4n) is 1.16. The highest BCUT2D eigenvalue weighted by molar-refractivity contribution is 14.1. The van der Waals surface area contributed by atoms with Gasteiger partial charge in [-0.15, -0.1) is 28.4 Å². The quantitative estimate of drug-likeness (QED) is 0.403. The molecule has 0 atom stereocenters. The zero-order valence-electron chi connectivity index (χ0n) is 6.99. The summed E-state index contributed by atoms with van der Waals surface area (Å²) in [6.45, 7) is 8.45. The Bertz CT molecular complexity index is 95.4. The third kappa shape index (κ3) is 3.76. The molecule has 0 N–H and O–H groups in total. The maximum absolute atomic E-state index is 3.92. The molecule has 0 rings (SSSR count).